The molecule has 5 nitrogen and oxygen atoms in total. The van der Waals surface area contributed by atoms with E-state index in [1.165, 1.54) is 11.3 Å². The summed E-state index contributed by atoms with van der Waals surface area (Å²) in [7, 11) is 4.01. The van der Waals surface area contributed by atoms with Gasteiger partial charge in [0.15, 0.2) is 0 Å². The average Bonchev–Trinajstić information content (AvgIpc) is 3.05. The number of aryl methyl sites for hydroxylation is 1. The summed E-state index contributed by atoms with van der Waals surface area (Å²) < 4.78 is 5.82. The number of aliphatic carboxylic acids is 1. The number of hydrogen-bond donors (Lipinski definition) is 1. The van der Waals surface area contributed by atoms with E-state index in [0.29, 0.717) is 6.61 Å². The Labute approximate surface area is 169 Å². The number of ether oxygens (including phenoxy) is 1. The van der Waals surface area contributed by atoms with Gasteiger partial charge in [-0.1, -0.05) is 42.0 Å². The predicted octanol–water partition coefficient (Wildman–Crippen LogP) is 4.35. The number of thiazole rings is 1. The fourth-order valence-electron chi connectivity index (χ4n) is 2.73. The molecule has 0 radical (unpaired) electrons. The summed E-state index contributed by atoms with van der Waals surface area (Å²) >= 11 is 1.42. The fraction of sp³-hybridized carbons (Fsp3) is 0.273. The van der Waals surface area contributed by atoms with Crippen LogP contribution in [0.4, 0.5) is 0 Å². The molecule has 3 aromatic rings. The van der Waals surface area contributed by atoms with E-state index in [0.717, 1.165) is 44.6 Å². The Kier molecular flexibility index (Phi) is 6.44. The highest BCUT2D eigenvalue weighted by Gasteiger charge is 2.17. The molecular weight excluding hydrogens is 372 g/mol. The fourth-order valence-corrected chi connectivity index (χ4v) is 3.81. The average molecular weight is 397 g/mol. The Morgan fingerprint density at radius 2 is 1.89 bits per heavy atom. The summed E-state index contributed by atoms with van der Waals surface area (Å²) in [4.78, 5) is 18.9. The lowest BCUT2D eigenvalue weighted by atomic mass is 10.1. The van der Waals surface area contributed by atoms with Crippen LogP contribution in [-0.4, -0.2) is 48.2 Å². The first-order valence-corrected chi connectivity index (χ1v) is 9.90. The zero-order chi connectivity index (χ0) is 20.1. The molecule has 28 heavy (non-hydrogen) atoms. The minimum atomic E-state index is -0.857. The largest absolute Gasteiger partial charge is 0.492 e. The normalized spacial score (nSPS) is 11.0. The lowest BCUT2D eigenvalue weighted by molar-refractivity contribution is -0.136. The van der Waals surface area contributed by atoms with Crippen LogP contribution >= 0.6 is 11.3 Å². The minimum absolute atomic E-state index is 0.0418. The highest BCUT2D eigenvalue weighted by Crippen LogP contribution is 2.35. The van der Waals surface area contributed by atoms with Gasteiger partial charge in [0, 0.05) is 22.5 Å². The quantitative estimate of drug-likeness (QED) is 0.613. The molecule has 1 heterocycles. The van der Waals surface area contributed by atoms with Crippen molar-refractivity contribution in [1.82, 2.24) is 9.88 Å². The molecule has 0 aliphatic heterocycles. The first-order valence-electron chi connectivity index (χ1n) is 9.09. The Hall–Kier alpha value is -2.70. The predicted molar refractivity (Wildman–Crippen MR) is 113 cm³/mol. The zero-order valence-electron chi connectivity index (χ0n) is 16.3. The summed E-state index contributed by atoms with van der Waals surface area (Å²) in [5, 5.41) is 10.1. The van der Waals surface area contributed by atoms with Gasteiger partial charge >= 0.3 is 5.97 Å². The minimum Gasteiger partial charge on any atom is -0.492 e. The van der Waals surface area contributed by atoms with Crippen molar-refractivity contribution in [3.8, 4) is 27.6 Å². The number of benzene rings is 2. The lowest BCUT2D eigenvalue weighted by Gasteiger charge is -2.11. The van der Waals surface area contributed by atoms with Crippen LogP contribution in [0.1, 0.15) is 10.4 Å². The summed E-state index contributed by atoms with van der Waals surface area (Å²) in [6, 6.07) is 15.8. The summed E-state index contributed by atoms with van der Waals surface area (Å²) in [6.07, 6.45) is -0.0418. The third kappa shape index (κ3) is 5.18. The monoisotopic (exact) mass is 396 g/mol. The van der Waals surface area contributed by atoms with Gasteiger partial charge < -0.3 is 14.7 Å². The van der Waals surface area contributed by atoms with Gasteiger partial charge in [-0.3, -0.25) is 4.79 Å². The number of nitrogens with zero attached hydrogens (tertiary/aromatic N) is 2. The van der Waals surface area contributed by atoms with Crippen molar-refractivity contribution in [3.63, 3.8) is 0 Å². The van der Waals surface area contributed by atoms with Crippen LogP contribution in [0, 0.1) is 6.92 Å². The molecule has 1 aromatic heterocycles. The lowest BCUT2D eigenvalue weighted by Crippen LogP contribution is -2.19. The molecule has 0 amide bonds. The van der Waals surface area contributed by atoms with Crippen molar-refractivity contribution < 1.29 is 14.6 Å². The molecular formula is C22H24N2O3S. The smallest absolute Gasteiger partial charge is 0.308 e. The topological polar surface area (TPSA) is 62.7 Å². The van der Waals surface area contributed by atoms with Gasteiger partial charge in [0.2, 0.25) is 0 Å². The van der Waals surface area contributed by atoms with Crippen molar-refractivity contribution >= 4 is 17.3 Å². The highest BCUT2D eigenvalue weighted by atomic mass is 32.1. The Bertz CT molecular complexity index is 949. The molecule has 3 rings (SSSR count). The van der Waals surface area contributed by atoms with Crippen molar-refractivity contribution in [2.24, 2.45) is 0 Å². The van der Waals surface area contributed by atoms with Gasteiger partial charge in [-0.05, 0) is 33.2 Å². The second-order valence-corrected chi connectivity index (χ2v) is 7.99. The molecule has 0 saturated heterocycles. The van der Waals surface area contributed by atoms with E-state index in [-0.39, 0.29) is 6.42 Å². The molecule has 2 aromatic carbocycles. The number of carbonyl (C=O) groups is 1. The van der Waals surface area contributed by atoms with Crippen LogP contribution in [0.25, 0.3) is 21.8 Å². The summed E-state index contributed by atoms with van der Waals surface area (Å²) in [6.45, 7) is 3.46. The second-order valence-electron chi connectivity index (χ2n) is 6.91. The maximum Gasteiger partial charge on any atom is 0.308 e. The molecule has 1 N–H and O–H groups in total. The van der Waals surface area contributed by atoms with E-state index in [4.69, 9.17) is 9.72 Å². The molecule has 0 fully saturated rings. The number of likely N-dealkylation sites (N-methyl/N-ethyl adjacent to an activating group) is 1. The molecule has 0 aliphatic carbocycles. The maximum atomic E-state index is 11.3. The van der Waals surface area contributed by atoms with E-state index >= 15 is 0 Å². The third-order valence-electron chi connectivity index (χ3n) is 4.22. The van der Waals surface area contributed by atoms with Crippen LogP contribution in [0.3, 0.4) is 0 Å². The standard InChI is InChI=1S/C22H24N2O3S/c1-15-7-9-16(10-8-15)21-19(14-20(25)26)28-22(23-21)17-5-4-6-18(13-17)27-12-11-24(2)3/h4-10,13H,11-12,14H2,1-3H3,(H,25,26). The number of hydrogen-bond acceptors (Lipinski definition) is 5. The molecule has 6 heteroatoms. The van der Waals surface area contributed by atoms with Crippen molar-refractivity contribution in [2.75, 3.05) is 27.2 Å². The van der Waals surface area contributed by atoms with Crippen LogP contribution in [0.15, 0.2) is 48.5 Å². The van der Waals surface area contributed by atoms with Gasteiger partial charge in [-0.15, -0.1) is 11.3 Å². The molecule has 146 valence electrons. The highest BCUT2D eigenvalue weighted by molar-refractivity contribution is 7.15. The van der Waals surface area contributed by atoms with Crippen LogP contribution in [0.5, 0.6) is 5.75 Å². The van der Waals surface area contributed by atoms with Gasteiger partial charge in [-0.2, -0.15) is 0 Å². The van der Waals surface area contributed by atoms with E-state index in [1.54, 1.807) is 0 Å². The number of carboxylic acid groups (broad SMARTS) is 1. The first-order chi connectivity index (χ1) is 13.4. The Balaban J connectivity index is 1.91. The van der Waals surface area contributed by atoms with Crippen molar-refractivity contribution in [2.45, 2.75) is 13.3 Å². The molecule has 0 spiro atoms. The van der Waals surface area contributed by atoms with E-state index in [9.17, 15) is 9.90 Å². The van der Waals surface area contributed by atoms with Gasteiger partial charge in [0.05, 0.1) is 12.1 Å². The van der Waals surface area contributed by atoms with Crippen molar-refractivity contribution in [3.05, 3.63) is 59.0 Å². The van der Waals surface area contributed by atoms with E-state index in [2.05, 4.69) is 4.90 Å². The SMILES string of the molecule is Cc1ccc(-c2nc(-c3cccc(OCCN(C)C)c3)sc2CC(=O)O)cc1. The van der Waals surface area contributed by atoms with Crippen LogP contribution in [-0.2, 0) is 11.2 Å². The van der Waals surface area contributed by atoms with Crippen LogP contribution < -0.4 is 4.74 Å². The third-order valence-corrected chi connectivity index (χ3v) is 5.33. The second kappa shape index (κ2) is 8.99. The van der Waals surface area contributed by atoms with E-state index < -0.39 is 5.97 Å². The van der Waals surface area contributed by atoms with Crippen LogP contribution in [0.2, 0.25) is 0 Å². The molecule has 0 atom stereocenters. The van der Waals surface area contributed by atoms with Gasteiger partial charge in [-0.25, -0.2) is 4.98 Å². The maximum absolute atomic E-state index is 11.3. The molecule has 0 bridgehead atoms. The summed E-state index contributed by atoms with van der Waals surface area (Å²) in [5.41, 5.74) is 3.75. The number of rotatable bonds is 8. The van der Waals surface area contributed by atoms with Gasteiger partial charge in [0.1, 0.15) is 17.4 Å². The zero-order valence-corrected chi connectivity index (χ0v) is 17.1. The van der Waals surface area contributed by atoms with Crippen molar-refractivity contribution in [1.29, 1.82) is 0 Å². The Morgan fingerprint density at radius 3 is 2.57 bits per heavy atom. The van der Waals surface area contributed by atoms with E-state index in [1.807, 2.05) is 69.6 Å². The molecule has 0 unspecified atom stereocenters. The molecule has 0 saturated carbocycles. The number of aromatic nitrogens is 1. The molecule has 0 aliphatic rings. The van der Waals surface area contributed by atoms with Gasteiger partial charge in [0.25, 0.3) is 0 Å². The Morgan fingerprint density at radius 1 is 1.14 bits per heavy atom. The summed E-state index contributed by atoms with van der Waals surface area (Å²) in [5.74, 6) is -0.0736. The first kappa shape index (κ1) is 20.0. The number of carboxylic acids is 1.